The number of hydrogen-bond acceptors (Lipinski definition) is 3. The summed E-state index contributed by atoms with van der Waals surface area (Å²) in [5.74, 6) is 0. The normalized spacial score (nSPS) is 12.4. The van der Waals surface area contributed by atoms with Crippen LogP contribution in [0.1, 0.15) is 30.7 Å². The van der Waals surface area contributed by atoms with Crippen molar-refractivity contribution >= 4 is 33.0 Å². The minimum atomic E-state index is 0.246. The van der Waals surface area contributed by atoms with E-state index in [1.165, 1.54) is 16.1 Å². The number of nitrogens with zero attached hydrogens (tertiary/aromatic N) is 1. The van der Waals surface area contributed by atoms with Gasteiger partial charge in [0.25, 0.3) is 0 Å². The van der Waals surface area contributed by atoms with Crippen molar-refractivity contribution in [2.24, 2.45) is 5.73 Å². The van der Waals surface area contributed by atoms with Crippen LogP contribution in [0.5, 0.6) is 0 Å². The molecule has 1 unspecified atom stereocenters. The largest absolute Gasteiger partial charge is 0.366 e. The summed E-state index contributed by atoms with van der Waals surface area (Å²) in [6, 6.07) is 11.2. The highest BCUT2D eigenvalue weighted by molar-refractivity contribution is 9.10. The molecule has 2 N–H and O–H groups in total. The second kappa shape index (κ2) is 7.97. The standard InChI is InChI=1S/C17H23BrN2S/c1-3-14(19)10-13-7-8-17(16(18)11-13)20(4-2)12-15-6-5-9-21-15/h5-9,11,14H,3-4,10,12,19H2,1-2H3. The van der Waals surface area contributed by atoms with Gasteiger partial charge in [-0.1, -0.05) is 19.1 Å². The first-order valence-corrected chi connectivity index (χ1v) is 9.12. The molecule has 0 amide bonds. The highest BCUT2D eigenvalue weighted by atomic mass is 79.9. The van der Waals surface area contributed by atoms with Crippen molar-refractivity contribution in [3.63, 3.8) is 0 Å². The Kier molecular flexibility index (Phi) is 6.27. The first kappa shape index (κ1) is 16.5. The van der Waals surface area contributed by atoms with Crippen LogP contribution in [0.25, 0.3) is 0 Å². The third-order valence-electron chi connectivity index (χ3n) is 3.68. The van der Waals surface area contributed by atoms with E-state index in [0.717, 1.165) is 30.4 Å². The van der Waals surface area contributed by atoms with Gasteiger partial charge in [-0.2, -0.15) is 0 Å². The van der Waals surface area contributed by atoms with Gasteiger partial charge in [0, 0.05) is 21.9 Å². The molecule has 4 heteroatoms. The van der Waals surface area contributed by atoms with Crippen molar-refractivity contribution in [3.05, 3.63) is 50.6 Å². The molecule has 0 aliphatic heterocycles. The maximum atomic E-state index is 6.05. The zero-order valence-electron chi connectivity index (χ0n) is 12.7. The third-order valence-corrected chi connectivity index (χ3v) is 5.18. The summed E-state index contributed by atoms with van der Waals surface area (Å²) in [4.78, 5) is 3.78. The van der Waals surface area contributed by atoms with Crippen molar-refractivity contribution in [3.8, 4) is 0 Å². The Labute approximate surface area is 140 Å². The lowest BCUT2D eigenvalue weighted by atomic mass is 10.0. The van der Waals surface area contributed by atoms with Crippen LogP contribution >= 0.6 is 27.3 Å². The first-order chi connectivity index (χ1) is 10.1. The average molecular weight is 367 g/mol. The number of rotatable bonds is 7. The van der Waals surface area contributed by atoms with Crippen molar-refractivity contribution in [1.29, 1.82) is 0 Å². The second-order valence-corrected chi connectivity index (χ2v) is 7.14. The zero-order chi connectivity index (χ0) is 15.2. The van der Waals surface area contributed by atoms with Crippen LogP contribution in [0.15, 0.2) is 40.2 Å². The van der Waals surface area contributed by atoms with E-state index in [9.17, 15) is 0 Å². The van der Waals surface area contributed by atoms with Gasteiger partial charge in [-0.05, 0) is 64.8 Å². The molecule has 0 saturated heterocycles. The van der Waals surface area contributed by atoms with E-state index in [4.69, 9.17) is 5.73 Å². The number of thiophene rings is 1. The van der Waals surface area contributed by atoms with Crippen molar-refractivity contribution in [1.82, 2.24) is 0 Å². The minimum Gasteiger partial charge on any atom is -0.366 e. The number of halogens is 1. The molecule has 21 heavy (non-hydrogen) atoms. The van der Waals surface area contributed by atoms with Gasteiger partial charge < -0.3 is 10.6 Å². The molecule has 0 spiro atoms. The predicted molar refractivity (Wildman–Crippen MR) is 97.2 cm³/mol. The van der Waals surface area contributed by atoms with E-state index >= 15 is 0 Å². The molecule has 0 aliphatic rings. The van der Waals surface area contributed by atoms with Crippen LogP contribution in [0, 0.1) is 0 Å². The van der Waals surface area contributed by atoms with E-state index in [1.54, 1.807) is 0 Å². The zero-order valence-corrected chi connectivity index (χ0v) is 15.1. The van der Waals surface area contributed by atoms with Crippen LogP contribution in [0.2, 0.25) is 0 Å². The molecule has 1 aromatic carbocycles. The molecule has 0 fully saturated rings. The Morgan fingerprint density at radius 2 is 2.10 bits per heavy atom. The molecule has 2 nitrogen and oxygen atoms in total. The highest BCUT2D eigenvalue weighted by Crippen LogP contribution is 2.29. The van der Waals surface area contributed by atoms with Gasteiger partial charge in [0.15, 0.2) is 0 Å². The van der Waals surface area contributed by atoms with Gasteiger partial charge in [-0.25, -0.2) is 0 Å². The summed E-state index contributed by atoms with van der Waals surface area (Å²) >= 11 is 5.53. The lowest BCUT2D eigenvalue weighted by molar-refractivity contribution is 0.646. The molecule has 1 aromatic heterocycles. The van der Waals surface area contributed by atoms with Crippen LogP contribution < -0.4 is 10.6 Å². The molecule has 0 radical (unpaired) electrons. The van der Waals surface area contributed by atoms with Gasteiger partial charge in [0.05, 0.1) is 12.2 Å². The summed E-state index contributed by atoms with van der Waals surface area (Å²) in [5.41, 5.74) is 8.59. The summed E-state index contributed by atoms with van der Waals surface area (Å²) in [5, 5.41) is 2.13. The smallest absolute Gasteiger partial charge is 0.0523 e. The summed E-state index contributed by atoms with van der Waals surface area (Å²) in [6.07, 6.45) is 1.95. The topological polar surface area (TPSA) is 29.3 Å². The van der Waals surface area contributed by atoms with E-state index in [-0.39, 0.29) is 6.04 Å². The monoisotopic (exact) mass is 366 g/mol. The van der Waals surface area contributed by atoms with Gasteiger partial charge >= 0.3 is 0 Å². The van der Waals surface area contributed by atoms with E-state index < -0.39 is 0 Å². The third kappa shape index (κ3) is 4.56. The SMILES string of the molecule is CCC(N)Cc1ccc(N(CC)Cc2cccs2)c(Br)c1. The lowest BCUT2D eigenvalue weighted by Gasteiger charge is -2.24. The van der Waals surface area contributed by atoms with Crippen molar-refractivity contribution in [2.75, 3.05) is 11.4 Å². The van der Waals surface area contributed by atoms with E-state index in [0.29, 0.717) is 0 Å². The molecule has 0 aliphatic carbocycles. The molecular weight excluding hydrogens is 344 g/mol. The lowest BCUT2D eigenvalue weighted by Crippen LogP contribution is -2.23. The molecule has 1 atom stereocenters. The molecule has 2 rings (SSSR count). The minimum absolute atomic E-state index is 0.246. The Hall–Kier alpha value is -0.840. The fourth-order valence-corrected chi connectivity index (χ4v) is 3.74. The number of hydrogen-bond donors (Lipinski definition) is 1. The Balaban J connectivity index is 2.14. The molecular formula is C17H23BrN2S. The summed E-state index contributed by atoms with van der Waals surface area (Å²) < 4.78 is 1.15. The Morgan fingerprint density at radius 3 is 2.67 bits per heavy atom. The highest BCUT2D eigenvalue weighted by Gasteiger charge is 2.11. The van der Waals surface area contributed by atoms with Gasteiger partial charge in [0.2, 0.25) is 0 Å². The van der Waals surface area contributed by atoms with E-state index in [1.807, 2.05) is 11.3 Å². The fourth-order valence-electron chi connectivity index (χ4n) is 2.34. The molecule has 1 heterocycles. The van der Waals surface area contributed by atoms with Gasteiger partial charge in [0.1, 0.15) is 0 Å². The van der Waals surface area contributed by atoms with Gasteiger partial charge in [-0.15, -0.1) is 11.3 Å². The van der Waals surface area contributed by atoms with Crippen LogP contribution in [0.3, 0.4) is 0 Å². The quantitative estimate of drug-likeness (QED) is 0.760. The molecule has 2 aromatic rings. The number of nitrogens with two attached hydrogens (primary N) is 1. The predicted octanol–water partition coefficient (Wildman–Crippen LogP) is 4.82. The molecule has 0 bridgehead atoms. The fraction of sp³-hybridized carbons (Fsp3) is 0.412. The second-order valence-electron chi connectivity index (χ2n) is 5.25. The van der Waals surface area contributed by atoms with Gasteiger partial charge in [-0.3, -0.25) is 0 Å². The number of benzene rings is 1. The maximum Gasteiger partial charge on any atom is 0.0523 e. The molecule has 114 valence electrons. The summed E-state index contributed by atoms with van der Waals surface area (Å²) in [6.45, 7) is 6.28. The van der Waals surface area contributed by atoms with Crippen molar-refractivity contribution < 1.29 is 0 Å². The Bertz CT molecular complexity index is 554. The van der Waals surface area contributed by atoms with Crippen LogP contribution in [-0.4, -0.2) is 12.6 Å². The van der Waals surface area contributed by atoms with Crippen LogP contribution in [-0.2, 0) is 13.0 Å². The summed E-state index contributed by atoms with van der Waals surface area (Å²) in [7, 11) is 0. The maximum absolute atomic E-state index is 6.05. The Morgan fingerprint density at radius 1 is 1.29 bits per heavy atom. The number of anilines is 1. The molecule has 0 saturated carbocycles. The van der Waals surface area contributed by atoms with Crippen LogP contribution in [0.4, 0.5) is 5.69 Å². The average Bonchev–Trinajstić information content (AvgIpc) is 2.98. The first-order valence-electron chi connectivity index (χ1n) is 7.45. The van der Waals surface area contributed by atoms with E-state index in [2.05, 4.69) is 70.4 Å². The van der Waals surface area contributed by atoms with Crippen molar-refractivity contribution in [2.45, 2.75) is 39.3 Å².